The van der Waals surface area contributed by atoms with Crippen LogP contribution in [0.1, 0.15) is 104 Å². The van der Waals surface area contributed by atoms with Crippen LogP contribution in [0.4, 0.5) is 9.59 Å². The van der Waals surface area contributed by atoms with Crippen LogP contribution in [0.3, 0.4) is 0 Å². The molecule has 3 aromatic carbocycles. The fraction of sp³-hybridized carbons (Fsp3) is 0.574. The molecule has 3 fully saturated rings. The predicted molar refractivity (Wildman–Crippen MR) is 272 cm³/mol. The Labute approximate surface area is 398 Å². The molecule has 7 nitrogen and oxygen atoms in total. The maximum atomic E-state index is 12.0. The minimum Gasteiger partial charge on any atom is -0.444 e. The maximum Gasteiger partial charge on any atom is 0.410 e. The van der Waals surface area contributed by atoms with Crippen molar-refractivity contribution in [3.8, 4) is 0 Å². The normalized spacial score (nSPS) is 15.9. The minimum atomic E-state index is -0.407. The average molecular weight is 992 g/mol. The number of halogens is 3. The van der Waals surface area contributed by atoms with Gasteiger partial charge in [-0.2, -0.15) is 36.2 Å². The van der Waals surface area contributed by atoms with Gasteiger partial charge in [-0.15, -0.1) is 24.8 Å². The van der Waals surface area contributed by atoms with Gasteiger partial charge in [0.2, 0.25) is 0 Å². The van der Waals surface area contributed by atoms with E-state index in [9.17, 15) is 9.59 Å². The number of piperidine rings is 3. The van der Waals surface area contributed by atoms with Crippen molar-refractivity contribution in [1.82, 2.24) is 15.1 Å². The summed E-state index contributed by atoms with van der Waals surface area (Å²) in [6.07, 6.45) is 6.44. The number of thioether (sulfide) groups is 2. The molecule has 0 unspecified atom stereocenters. The van der Waals surface area contributed by atoms with Gasteiger partial charge in [0, 0.05) is 58.8 Å². The molecule has 3 aliphatic heterocycles. The number of ether oxygens (including phenoxy) is 2. The number of carbonyl (C=O) groups is 2. The molecule has 1 N–H and O–H groups in total. The highest BCUT2D eigenvalue weighted by Crippen LogP contribution is 2.28. The number of rotatable bonds is 7. The molecule has 3 aromatic rings. The number of hydrogen-bond acceptors (Lipinski definition) is 8. The van der Waals surface area contributed by atoms with Crippen molar-refractivity contribution in [2.45, 2.75) is 131 Å². The zero-order valence-corrected chi connectivity index (χ0v) is 41.7. The number of nitrogens with zero attached hydrogens (tertiary/aromatic N) is 2. The minimum absolute atomic E-state index is 0. The van der Waals surface area contributed by atoms with Gasteiger partial charge in [0.15, 0.2) is 0 Å². The van der Waals surface area contributed by atoms with E-state index in [0.717, 1.165) is 68.6 Å². The van der Waals surface area contributed by atoms with Crippen molar-refractivity contribution in [2.75, 3.05) is 39.3 Å². The van der Waals surface area contributed by atoms with E-state index in [1.165, 1.54) is 48.4 Å². The molecular weight excluding hydrogens is 918 g/mol. The Kier molecular flexibility index (Phi) is 31.1. The van der Waals surface area contributed by atoms with E-state index in [0.29, 0.717) is 10.1 Å². The standard InChI is InChI=1S/C17H25NO2S.C12H17NS.C10H18BrNO2.C7H8S.CH4.2ClH/c1-17(2,3)20-16(19)18-11-9-15(10-12-18)21-13-14-7-5-4-6-8-14;1-2-4-11(5-3-1)10-14-12-6-8-13-9-7-12;1-10(2,3)14-9(13)12-6-4-8(11)5-7-12;8-6-7-4-2-1-3-5-7;;;/h4-8,15H,9-13H2,1-3H3;1-5,12-13H,6-10H2;8H,4-7H2,1-3H3;1-5,8H,6H2;1H4;2*1H. The molecule has 0 aliphatic carbocycles. The second-order valence-corrected chi connectivity index (χ2v) is 20.7. The van der Waals surface area contributed by atoms with Gasteiger partial charge >= 0.3 is 12.2 Å². The lowest BCUT2D eigenvalue weighted by Gasteiger charge is -2.33. The molecule has 0 aromatic heterocycles. The molecule has 60 heavy (non-hydrogen) atoms. The first-order valence-corrected chi connectivity index (χ1v) is 24.1. The lowest BCUT2D eigenvalue weighted by atomic mass is 10.1. The van der Waals surface area contributed by atoms with Crippen molar-refractivity contribution in [3.05, 3.63) is 108 Å². The predicted octanol–water partition coefficient (Wildman–Crippen LogP) is 13.4. The van der Waals surface area contributed by atoms with Crippen LogP contribution in [0.25, 0.3) is 0 Å². The highest BCUT2D eigenvalue weighted by atomic mass is 79.9. The first-order valence-electron chi connectivity index (χ1n) is 20.5. The van der Waals surface area contributed by atoms with Crippen LogP contribution < -0.4 is 5.32 Å². The first kappa shape index (κ1) is 58.3. The largest absolute Gasteiger partial charge is 0.444 e. The van der Waals surface area contributed by atoms with Crippen molar-refractivity contribution >= 4 is 89.1 Å². The third-order valence-corrected chi connectivity index (χ3v) is 13.3. The highest BCUT2D eigenvalue weighted by Gasteiger charge is 2.27. The summed E-state index contributed by atoms with van der Waals surface area (Å²) in [5.74, 6) is 3.06. The molecule has 6 rings (SSSR count). The highest BCUT2D eigenvalue weighted by molar-refractivity contribution is 9.09. The lowest BCUT2D eigenvalue weighted by Crippen LogP contribution is -2.42. The average Bonchev–Trinajstić information content (AvgIpc) is 3.21. The molecule has 3 saturated heterocycles. The third-order valence-electron chi connectivity index (χ3n) is 9.14. The van der Waals surface area contributed by atoms with Crippen LogP contribution in [0.2, 0.25) is 0 Å². The first-order chi connectivity index (χ1) is 27.2. The van der Waals surface area contributed by atoms with Crippen LogP contribution in [0.5, 0.6) is 0 Å². The topological polar surface area (TPSA) is 71.1 Å². The maximum absolute atomic E-state index is 12.0. The van der Waals surface area contributed by atoms with Crippen LogP contribution >= 0.6 is 76.9 Å². The summed E-state index contributed by atoms with van der Waals surface area (Å²) in [5.41, 5.74) is 3.31. The van der Waals surface area contributed by atoms with Gasteiger partial charge in [-0.05, 0) is 110 Å². The van der Waals surface area contributed by atoms with Gasteiger partial charge in [0.1, 0.15) is 11.2 Å². The van der Waals surface area contributed by atoms with Crippen LogP contribution in [-0.4, -0.2) is 87.8 Å². The quantitative estimate of drug-likeness (QED) is 0.180. The Balaban J connectivity index is 0.000000796. The Hall–Kier alpha value is -1.73. The number of hydrogen-bond donors (Lipinski definition) is 2. The summed E-state index contributed by atoms with van der Waals surface area (Å²) < 4.78 is 10.7. The van der Waals surface area contributed by atoms with Crippen LogP contribution in [0, 0.1) is 0 Å². The number of carbonyl (C=O) groups excluding carboxylic acids is 2. The zero-order valence-electron chi connectivity index (χ0n) is 36.0. The number of nitrogens with one attached hydrogen (secondary N) is 1. The van der Waals surface area contributed by atoms with E-state index < -0.39 is 5.60 Å². The molecule has 0 bridgehead atoms. The summed E-state index contributed by atoms with van der Waals surface area (Å²) >= 11 is 11.8. The summed E-state index contributed by atoms with van der Waals surface area (Å²) in [4.78, 5) is 27.8. The third kappa shape index (κ3) is 26.7. The van der Waals surface area contributed by atoms with Gasteiger partial charge in [-0.3, -0.25) is 0 Å². The molecule has 0 radical (unpaired) electrons. The Morgan fingerprint density at radius 2 is 0.950 bits per heavy atom. The van der Waals surface area contributed by atoms with Gasteiger partial charge < -0.3 is 24.6 Å². The van der Waals surface area contributed by atoms with E-state index in [2.05, 4.69) is 112 Å². The van der Waals surface area contributed by atoms with Crippen molar-refractivity contribution in [1.29, 1.82) is 0 Å². The van der Waals surface area contributed by atoms with Gasteiger partial charge in [0.25, 0.3) is 0 Å². The fourth-order valence-corrected chi connectivity index (χ4v) is 8.99. The van der Waals surface area contributed by atoms with Crippen molar-refractivity contribution in [3.63, 3.8) is 0 Å². The second-order valence-electron chi connectivity index (χ2n) is 16.5. The van der Waals surface area contributed by atoms with Crippen molar-refractivity contribution < 1.29 is 19.1 Å². The van der Waals surface area contributed by atoms with E-state index in [1.807, 2.05) is 82.5 Å². The number of likely N-dealkylation sites (tertiary alicyclic amines) is 2. The van der Waals surface area contributed by atoms with Gasteiger partial charge in [-0.1, -0.05) is 114 Å². The molecule has 0 saturated carbocycles. The van der Waals surface area contributed by atoms with E-state index in [4.69, 9.17) is 9.47 Å². The molecular formula is C47H74BrCl2N3O4S3. The molecule has 3 aliphatic rings. The molecule has 340 valence electrons. The second kappa shape index (κ2) is 32.0. The Morgan fingerprint density at radius 1 is 0.617 bits per heavy atom. The fourth-order valence-electron chi connectivity index (χ4n) is 6.01. The Bertz CT molecular complexity index is 1520. The van der Waals surface area contributed by atoms with E-state index >= 15 is 0 Å². The van der Waals surface area contributed by atoms with Gasteiger partial charge in [-0.25, -0.2) is 9.59 Å². The number of thiol groups is 1. The zero-order chi connectivity index (χ0) is 41.5. The Morgan fingerprint density at radius 3 is 1.28 bits per heavy atom. The van der Waals surface area contributed by atoms with Crippen molar-refractivity contribution in [2.24, 2.45) is 0 Å². The summed E-state index contributed by atoms with van der Waals surface area (Å²) in [7, 11) is 0. The molecule has 0 atom stereocenters. The number of amides is 2. The summed E-state index contributed by atoms with van der Waals surface area (Å²) in [6, 6.07) is 31.5. The van der Waals surface area contributed by atoms with Crippen LogP contribution in [0.15, 0.2) is 91.0 Å². The lowest BCUT2D eigenvalue weighted by molar-refractivity contribution is 0.0209. The van der Waals surface area contributed by atoms with E-state index in [-0.39, 0.29) is 50.0 Å². The number of benzene rings is 3. The smallest absolute Gasteiger partial charge is 0.410 e. The summed E-state index contributed by atoms with van der Waals surface area (Å²) in [5, 5.41) is 4.91. The number of alkyl halides is 1. The molecule has 13 heteroatoms. The monoisotopic (exact) mass is 989 g/mol. The molecule has 3 heterocycles. The van der Waals surface area contributed by atoms with E-state index in [1.54, 1.807) is 4.90 Å². The molecule has 0 spiro atoms. The molecule has 2 amide bonds. The SMILES string of the molecule is C.CC(C)(C)OC(=O)N1CCC(Br)CC1.CC(C)(C)OC(=O)N1CCC(SCc2ccccc2)CC1.Cl.Cl.SCc1ccccc1.c1ccc(CSC2CCNCC2)cc1. The summed E-state index contributed by atoms with van der Waals surface area (Å²) in [6.45, 7) is 17.0. The van der Waals surface area contributed by atoms with Crippen LogP contribution in [-0.2, 0) is 26.7 Å². The van der Waals surface area contributed by atoms with Gasteiger partial charge in [0.05, 0.1) is 0 Å².